The maximum Gasteiger partial charge on any atom is 0.220 e. The third kappa shape index (κ3) is 5.71. The Kier molecular flexibility index (Phi) is 6.01. The van der Waals surface area contributed by atoms with E-state index in [4.69, 9.17) is 11.6 Å². The van der Waals surface area contributed by atoms with Gasteiger partial charge in [0.25, 0.3) is 0 Å². The molecule has 3 nitrogen and oxygen atoms in total. The van der Waals surface area contributed by atoms with Crippen LogP contribution >= 0.6 is 11.6 Å². The van der Waals surface area contributed by atoms with Crippen LogP contribution < -0.4 is 10.6 Å². The SMILES string of the molecule is CNC(C)CNC(=O)CCc1ccc(Cl)cc1. The quantitative estimate of drug-likeness (QED) is 0.815. The zero-order valence-corrected chi connectivity index (χ0v) is 11.1. The summed E-state index contributed by atoms with van der Waals surface area (Å²) in [5.74, 6) is 0.0852. The summed E-state index contributed by atoms with van der Waals surface area (Å²) in [5.41, 5.74) is 1.13. The van der Waals surface area contributed by atoms with Crippen molar-refractivity contribution in [1.82, 2.24) is 10.6 Å². The second kappa shape index (κ2) is 7.30. The fourth-order valence-corrected chi connectivity index (χ4v) is 1.49. The van der Waals surface area contributed by atoms with E-state index in [1.165, 1.54) is 0 Å². The van der Waals surface area contributed by atoms with Gasteiger partial charge in [-0.3, -0.25) is 4.79 Å². The third-order valence-corrected chi connectivity index (χ3v) is 2.90. The van der Waals surface area contributed by atoms with Gasteiger partial charge in [-0.05, 0) is 38.1 Å². The Morgan fingerprint density at radius 3 is 2.59 bits per heavy atom. The molecule has 1 rings (SSSR count). The number of hydrogen-bond acceptors (Lipinski definition) is 2. The highest BCUT2D eigenvalue weighted by Gasteiger charge is 2.04. The lowest BCUT2D eigenvalue weighted by Crippen LogP contribution is -2.37. The van der Waals surface area contributed by atoms with Crippen molar-refractivity contribution in [2.75, 3.05) is 13.6 Å². The number of hydrogen-bond donors (Lipinski definition) is 2. The monoisotopic (exact) mass is 254 g/mol. The molecule has 0 aromatic heterocycles. The van der Waals surface area contributed by atoms with Crippen LogP contribution in [0.15, 0.2) is 24.3 Å². The number of likely N-dealkylation sites (N-methyl/N-ethyl adjacent to an activating group) is 1. The Labute approximate surface area is 108 Å². The molecule has 0 fully saturated rings. The van der Waals surface area contributed by atoms with Gasteiger partial charge in [0.2, 0.25) is 5.91 Å². The number of aryl methyl sites for hydroxylation is 1. The molecular formula is C13H19ClN2O. The lowest BCUT2D eigenvalue weighted by molar-refractivity contribution is -0.121. The number of carbonyl (C=O) groups excluding carboxylic acids is 1. The minimum atomic E-state index is 0.0852. The Balaban J connectivity index is 2.26. The molecule has 0 radical (unpaired) electrons. The number of rotatable bonds is 6. The molecule has 1 aromatic rings. The standard InChI is InChI=1S/C13H19ClN2O/c1-10(15-2)9-16-13(17)8-5-11-3-6-12(14)7-4-11/h3-4,6-7,10,15H,5,8-9H2,1-2H3,(H,16,17). The van der Waals surface area contributed by atoms with Crippen molar-refractivity contribution in [3.8, 4) is 0 Å². The lowest BCUT2D eigenvalue weighted by Gasteiger charge is -2.11. The first-order valence-electron chi connectivity index (χ1n) is 5.80. The van der Waals surface area contributed by atoms with E-state index in [2.05, 4.69) is 10.6 Å². The fourth-order valence-electron chi connectivity index (χ4n) is 1.37. The van der Waals surface area contributed by atoms with Gasteiger partial charge in [-0.1, -0.05) is 23.7 Å². The molecule has 0 aliphatic carbocycles. The number of benzene rings is 1. The van der Waals surface area contributed by atoms with Crippen molar-refractivity contribution < 1.29 is 4.79 Å². The van der Waals surface area contributed by atoms with Crippen LogP contribution in [0.25, 0.3) is 0 Å². The van der Waals surface area contributed by atoms with Crippen LogP contribution in [0.1, 0.15) is 18.9 Å². The molecule has 1 unspecified atom stereocenters. The Bertz CT molecular complexity index is 351. The molecule has 2 N–H and O–H groups in total. The number of nitrogens with one attached hydrogen (secondary N) is 2. The highest BCUT2D eigenvalue weighted by molar-refractivity contribution is 6.30. The van der Waals surface area contributed by atoms with E-state index in [1.54, 1.807) is 0 Å². The summed E-state index contributed by atoms with van der Waals surface area (Å²) in [5, 5.41) is 6.68. The van der Waals surface area contributed by atoms with Gasteiger partial charge in [0, 0.05) is 24.0 Å². The molecule has 1 amide bonds. The minimum absolute atomic E-state index is 0.0852. The van der Waals surface area contributed by atoms with Gasteiger partial charge in [0.15, 0.2) is 0 Å². The van der Waals surface area contributed by atoms with E-state index in [1.807, 2.05) is 38.2 Å². The predicted octanol–water partition coefficient (Wildman–Crippen LogP) is 2.00. The Morgan fingerprint density at radius 2 is 2.00 bits per heavy atom. The van der Waals surface area contributed by atoms with Gasteiger partial charge < -0.3 is 10.6 Å². The van der Waals surface area contributed by atoms with Gasteiger partial charge in [0.05, 0.1) is 0 Å². The summed E-state index contributed by atoms with van der Waals surface area (Å²) in [6.07, 6.45) is 1.26. The topological polar surface area (TPSA) is 41.1 Å². The normalized spacial score (nSPS) is 12.2. The molecule has 0 saturated heterocycles. The first kappa shape index (κ1) is 14.0. The average Bonchev–Trinajstić information content (AvgIpc) is 2.35. The molecule has 0 aliphatic heterocycles. The summed E-state index contributed by atoms with van der Waals surface area (Å²) < 4.78 is 0. The zero-order chi connectivity index (χ0) is 12.7. The molecule has 0 heterocycles. The molecule has 1 atom stereocenters. The highest BCUT2D eigenvalue weighted by atomic mass is 35.5. The van der Waals surface area contributed by atoms with Crippen LogP contribution in [0.2, 0.25) is 5.02 Å². The highest BCUT2D eigenvalue weighted by Crippen LogP contribution is 2.10. The van der Waals surface area contributed by atoms with Crippen molar-refractivity contribution in [2.24, 2.45) is 0 Å². The third-order valence-electron chi connectivity index (χ3n) is 2.65. The number of amides is 1. The van der Waals surface area contributed by atoms with E-state index in [0.29, 0.717) is 19.0 Å². The molecule has 0 bridgehead atoms. The Morgan fingerprint density at radius 1 is 1.35 bits per heavy atom. The van der Waals surface area contributed by atoms with E-state index in [-0.39, 0.29) is 5.91 Å². The van der Waals surface area contributed by atoms with Gasteiger partial charge in [-0.15, -0.1) is 0 Å². The lowest BCUT2D eigenvalue weighted by atomic mass is 10.1. The second-order valence-electron chi connectivity index (χ2n) is 4.12. The smallest absolute Gasteiger partial charge is 0.220 e. The molecule has 94 valence electrons. The van der Waals surface area contributed by atoms with E-state index in [0.717, 1.165) is 17.0 Å². The maximum absolute atomic E-state index is 11.5. The maximum atomic E-state index is 11.5. The number of carbonyl (C=O) groups is 1. The molecule has 1 aromatic carbocycles. The summed E-state index contributed by atoms with van der Waals surface area (Å²) in [6.45, 7) is 2.69. The van der Waals surface area contributed by atoms with Gasteiger partial charge in [0.1, 0.15) is 0 Å². The van der Waals surface area contributed by atoms with E-state index in [9.17, 15) is 4.79 Å². The average molecular weight is 255 g/mol. The van der Waals surface area contributed by atoms with Crippen molar-refractivity contribution >= 4 is 17.5 Å². The number of halogens is 1. The molecular weight excluding hydrogens is 236 g/mol. The van der Waals surface area contributed by atoms with Gasteiger partial charge in [-0.2, -0.15) is 0 Å². The molecule has 0 saturated carbocycles. The summed E-state index contributed by atoms with van der Waals surface area (Å²) >= 11 is 5.79. The van der Waals surface area contributed by atoms with Crippen molar-refractivity contribution in [3.63, 3.8) is 0 Å². The molecule has 4 heteroatoms. The zero-order valence-electron chi connectivity index (χ0n) is 10.3. The van der Waals surface area contributed by atoms with E-state index < -0.39 is 0 Å². The summed E-state index contributed by atoms with van der Waals surface area (Å²) in [6, 6.07) is 7.89. The molecule has 0 aliphatic rings. The van der Waals surface area contributed by atoms with Crippen LogP contribution in [0.3, 0.4) is 0 Å². The van der Waals surface area contributed by atoms with Crippen LogP contribution in [0, 0.1) is 0 Å². The van der Waals surface area contributed by atoms with Crippen LogP contribution in [-0.4, -0.2) is 25.5 Å². The van der Waals surface area contributed by atoms with Gasteiger partial charge >= 0.3 is 0 Å². The summed E-state index contributed by atoms with van der Waals surface area (Å²) in [7, 11) is 1.88. The van der Waals surface area contributed by atoms with Gasteiger partial charge in [-0.25, -0.2) is 0 Å². The fraction of sp³-hybridized carbons (Fsp3) is 0.462. The second-order valence-corrected chi connectivity index (χ2v) is 4.56. The molecule has 0 spiro atoms. The van der Waals surface area contributed by atoms with Crippen LogP contribution in [-0.2, 0) is 11.2 Å². The van der Waals surface area contributed by atoms with Crippen molar-refractivity contribution in [2.45, 2.75) is 25.8 Å². The van der Waals surface area contributed by atoms with Crippen molar-refractivity contribution in [3.05, 3.63) is 34.9 Å². The first-order valence-corrected chi connectivity index (χ1v) is 6.18. The Hall–Kier alpha value is -1.06. The largest absolute Gasteiger partial charge is 0.355 e. The van der Waals surface area contributed by atoms with Crippen LogP contribution in [0.5, 0.6) is 0 Å². The molecule has 17 heavy (non-hydrogen) atoms. The summed E-state index contributed by atoms with van der Waals surface area (Å²) in [4.78, 5) is 11.5. The van der Waals surface area contributed by atoms with E-state index >= 15 is 0 Å². The van der Waals surface area contributed by atoms with Crippen molar-refractivity contribution in [1.29, 1.82) is 0 Å². The minimum Gasteiger partial charge on any atom is -0.355 e. The van der Waals surface area contributed by atoms with Crippen LogP contribution in [0.4, 0.5) is 0 Å². The first-order chi connectivity index (χ1) is 8.11. The predicted molar refractivity (Wildman–Crippen MR) is 71.3 cm³/mol.